The van der Waals surface area contributed by atoms with Crippen LogP contribution in [0.15, 0.2) is 109 Å². The Morgan fingerprint density at radius 1 is 0.862 bits per heavy atom. The predicted octanol–water partition coefficient (Wildman–Crippen LogP) is 7.23. The summed E-state index contributed by atoms with van der Waals surface area (Å²) >= 11 is 6.41. The normalized spacial score (nSPS) is 27.3. The molecule has 9 rings (SSSR count). The number of amides is 4. The summed E-state index contributed by atoms with van der Waals surface area (Å²) < 4.78 is 19.8. The number of allylic oxidation sites excluding steroid dienone is 2. The summed E-state index contributed by atoms with van der Waals surface area (Å²) in [6.45, 7) is 4.36. The maximum absolute atomic E-state index is 15.4. The molecule has 3 heterocycles. The first kappa shape index (κ1) is 38.0. The Bertz CT molecular complexity index is 2300. The lowest BCUT2D eigenvalue weighted by atomic mass is 9.49. The van der Waals surface area contributed by atoms with E-state index in [1.165, 1.54) is 34.7 Å². The number of phenols is 1. The van der Waals surface area contributed by atoms with Crippen molar-refractivity contribution in [3.05, 3.63) is 136 Å². The van der Waals surface area contributed by atoms with Crippen LogP contribution in [0.1, 0.15) is 55.2 Å². The Labute approximate surface area is 341 Å². The number of nitrogens with zero attached hydrogens (tertiary/aromatic N) is 3. The largest absolute Gasteiger partial charge is 0.504 e. The highest BCUT2D eigenvalue weighted by Gasteiger charge is 2.71. The number of halogens is 2. The minimum Gasteiger partial charge on any atom is -0.504 e. The first-order chi connectivity index (χ1) is 28.1. The number of rotatable bonds is 9. The van der Waals surface area contributed by atoms with Crippen LogP contribution in [0.25, 0.3) is 0 Å². The lowest BCUT2D eigenvalue weighted by Gasteiger charge is -2.50. The van der Waals surface area contributed by atoms with E-state index in [0.717, 1.165) is 30.2 Å². The monoisotopic (exact) mass is 802 g/mol. The van der Waals surface area contributed by atoms with E-state index in [9.17, 15) is 23.9 Å². The number of likely N-dealkylation sites (tertiary alicyclic amines) is 2. The molecule has 6 atom stereocenters. The minimum atomic E-state index is -1.62. The number of nitrogens with one attached hydrogen (secondary N) is 1. The lowest BCUT2D eigenvalue weighted by Crippen LogP contribution is -2.53. The summed E-state index contributed by atoms with van der Waals surface area (Å²) in [5.74, 6) is -5.90. The van der Waals surface area contributed by atoms with Gasteiger partial charge in [0.1, 0.15) is 5.82 Å². The first-order valence-corrected chi connectivity index (χ1v) is 20.4. The second-order valence-corrected chi connectivity index (χ2v) is 16.5. The Morgan fingerprint density at radius 3 is 2.29 bits per heavy atom. The van der Waals surface area contributed by atoms with Crippen LogP contribution in [0, 0.1) is 29.5 Å². The van der Waals surface area contributed by atoms with E-state index in [4.69, 9.17) is 16.3 Å². The Morgan fingerprint density at radius 2 is 1.59 bits per heavy atom. The quantitative estimate of drug-likeness (QED) is 0.135. The van der Waals surface area contributed by atoms with Gasteiger partial charge in [0.2, 0.25) is 11.8 Å². The first-order valence-electron chi connectivity index (χ1n) is 20.1. The van der Waals surface area contributed by atoms with E-state index in [1.54, 1.807) is 49.4 Å². The molecule has 3 saturated heterocycles. The van der Waals surface area contributed by atoms with Crippen LogP contribution in [0.4, 0.5) is 10.1 Å². The van der Waals surface area contributed by atoms with Crippen molar-refractivity contribution in [1.82, 2.24) is 14.8 Å². The van der Waals surface area contributed by atoms with Crippen LogP contribution in [-0.4, -0.2) is 69.3 Å². The summed E-state index contributed by atoms with van der Waals surface area (Å²) in [5, 5.41) is 13.4. The van der Waals surface area contributed by atoms with Crippen LogP contribution in [0.3, 0.4) is 0 Å². The van der Waals surface area contributed by atoms with Crippen molar-refractivity contribution in [2.45, 2.75) is 56.5 Å². The summed E-state index contributed by atoms with van der Waals surface area (Å²) in [6.07, 6.45) is 3.67. The fraction of sp³-hybridized carbons (Fsp3) is 0.348. The highest BCUT2D eigenvalue weighted by Crippen LogP contribution is 2.65. The van der Waals surface area contributed by atoms with Crippen LogP contribution >= 0.6 is 11.6 Å². The molecule has 0 spiro atoms. The van der Waals surface area contributed by atoms with Gasteiger partial charge in [0.15, 0.2) is 11.5 Å². The van der Waals surface area contributed by atoms with Crippen molar-refractivity contribution in [1.29, 1.82) is 0 Å². The van der Waals surface area contributed by atoms with Crippen LogP contribution in [0.2, 0.25) is 5.02 Å². The Hall–Kier alpha value is -5.52. The van der Waals surface area contributed by atoms with Gasteiger partial charge in [0.05, 0.1) is 35.5 Å². The summed E-state index contributed by atoms with van der Waals surface area (Å²) in [7, 11) is 0. The number of piperidine rings is 1. The molecule has 12 heteroatoms. The molecular formula is C46H44ClFN4O6. The number of carbonyl (C=O) groups excluding carboxylic acids is 4. The number of para-hydroxylation sites is 1. The molecule has 0 aromatic heterocycles. The molecule has 5 aliphatic rings. The van der Waals surface area contributed by atoms with E-state index in [0.29, 0.717) is 34.7 Å². The number of anilines is 1. The molecule has 4 fully saturated rings. The number of fused-ring (bicyclic) bond motifs is 4. The SMILES string of the molecule is CCOc1cccc(C2C3=CCC4C(=O)N(C5CCN(Cc6ccccc6)CC5)C(=O)C4C3CC3C(=O)N(Nc4ccc(F)cc4)C(=O)C32c2ccc(Cl)cc2)c1O. The topological polar surface area (TPSA) is 119 Å². The zero-order valence-corrected chi connectivity index (χ0v) is 32.8. The van der Waals surface area contributed by atoms with Gasteiger partial charge < -0.3 is 9.84 Å². The van der Waals surface area contributed by atoms with Crippen LogP contribution in [0.5, 0.6) is 11.5 Å². The average molecular weight is 803 g/mol. The van der Waals surface area contributed by atoms with Gasteiger partial charge in [0, 0.05) is 42.2 Å². The Balaban J connectivity index is 1.13. The van der Waals surface area contributed by atoms with Crippen molar-refractivity contribution >= 4 is 40.9 Å². The third-order valence-electron chi connectivity index (χ3n) is 13.1. The third-order valence-corrected chi connectivity index (χ3v) is 13.4. The highest BCUT2D eigenvalue weighted by atomic mass is 35.5. The van der Waals surface area contributed by atoms with Gasteiger partial charge in [0.25, 0.3) is 11.8 Å². The lowest BCUT2D eigenvalue weighted by molar-refractivity contribution is -0.144. The minimum absolute atomic E-state index is 0.104. The number of hydrogen-bond donors (Lipinski definition) is 2. The van der Waals surface area contributed by atoms with E-state index in [-0.39, 0.29) is 48.8 Å². The number of ether oxygens (including phenoxy) is 1. The van der Waals surface area contributed by atoms with Crippen LogP contribution in [-0.2, 0) is 31.1 Å². The standard InChI is InChI=1S/C46H44ClFN4O6/c1-2-58-38-10-6-9-35(41(38)53)40-33-19-20-34-39(44(56)51(42(34)54)32-21-23-50(24-22-32)26-27-7-4-3-5-8-27)36(33)25-37-43(55)52(49-31-17-15-30(48)16-18-31)45(57)46(37,40)28-11-13-29(47)14-12-28/h3-19,32,34,36-37,39-40,49,53H,2,20-26H2,1H3. The molecule has 58 heavy (non-hydrogen) atoms. The smallest absolute Gasteiger partial charge is 0.260 e. The van der Waals surface area contributed by atoms with Gasteiger partial charge in [-0.05, 0) is 92.1 Å². The third kappa shape index (κ3) is 6.09. The zero-order valence-electron chi connectivity index (χ0n) is 32.0. The molecule has 4 aromatic rings. The zero-order chi connectivity index (χ0) is 40.3. The second kappa shape index (κ2) is 15.0. The van der Waals surface area contributed by atoms with Gasteiger partial charge in [-0.25, -0.2) is 4.39 Å². The number of carbonyl (C=O) groups is 4. The molecule has 0 radical (unpaired) electrons. The van der Waals surface area contributed by atoms with Crippen molar-refractivity contribution in [2.24, 2.45) is 23.7 Å². The maximum atomic E-state index is 15.4. The second-order valence-electron chi connectivity index (χ2n) is 16.0. The molecule has 2 N–H and O–H groups in total. The molecule has 6 unspecified atom stereocenters. The number of benzene rings is 4. The van der Waals surface area contributed by atoms with Gasteiger partial charge in [-0.1, -0.05) is 77.8 Å². The fourth-order valence-electron chi connectivity index (χ4n) is 10.6. The van der Waals surface area contributed by atoms with Crippen molar-refractivity contribution in [2.75, 3.05) is 25.1 Å². The van der Waals surface area contributed by atoms with Gasteiger partial charge >= 0.3 is 0 Å². The maximum Gasteiger partial charge on any atom is 0.260 e. The van der Waals surface area contributed by atoms with Crippen molar-refractivity contribution in [3.63, 3.8) is 0 Å². The summed E-state index contributed by atoms with van der Waals surface area (Å²) in [5.41, 5.74) is 4.47. The van der Waals surface area contributed by atoms with E-state index >= 15 is 4.79 Å². The van der Waals surface area contributed by atoms with E-state index in [2.05, 4.69) is 22.5 Å². The number of aromatic hydroxyl groups is 1. The number of hydrazine groups is 1. The molecular weight excluding hydrogens is 759 g/mol. The summed E-state index contributed by atoms with van der Waals surface area (Å²) in [4.78, 5) is 63.5. The number of phenolic OH excluding ortho intramolecular Hbond substituents is 1. The molecule has 4 aromatic carbocycles. The molecule has 298 valence electrons. The van der Waals surface area contributed by atoms with Crippen molar-refractivity contribution < 1.29 is 33.4 Å². The Kier molecular flexibility index (Phi) is 9.84. The number of imide groups is 2. The molecule has 0 bridgehead atoms. The van der Waals surface area contributed by atoms with Gasteiger partial charge in [-0.2, -0.15) is 5.01 Å². The van der Waals surface area contributed by atoms with Gasteiger partial charge in [-0.15, -0.1) is 0 Å². The van der Waals surface area contributed by atoms with E-state index in [1.807, 2.05) is 24.3 Å². The molecule has 4 amide bonds. The fourth-order valence-corrected chi connectivity index (χ4v) is 10.7. The highest BCUT2D eigenvalue weighted by molar-refractivity contribution is 6.30. The molecule has 2 aliphatic carbocycles. The van der Waals surface area contributed by atoms with E-state index < -0.39 is 52.6 Å². The predicted molar refractivity (Wildman–Crippen MR) is 215 cm³/mol. The summed E-state index contributed by atoms with van der Waals surface area (Å²) in [6, 6.07) is 27.3. The van der Waals surface area contributed by atoms with Gasteiger partial charge in [-0.3, -0.25) is 34.4 Å². The van der Waals surface area contributed by atoms with Crippen LogP contribution < -0.4 is 10.2 Å². The molecule has 1 saturated carbocycles. The molecule has 3 aliphatic heterocycles. The van der Waals surface area contributed by atoms with Crippen molar-refractivity contribution in [3.8, 4) is 11.5 Å². The average Bonchev–Trinajstić information content (AvgIpc) is 3.61. The molecule has 10 nitrogen and oxygen atoms in total. The number of hydrogen-bond acceptors (Lipinski definition) is 8.